The van der Waals surface area contributed by atoms with Crippen molar-refractivity contribution in [2.24, 2.45) is 17.8 Å². The van der Waals surface area contributed by atoms with Crippen molar-refractivity contribution >= 4 is 11.8 Å². The average molecular weight is 276 g/mol. The van der Waals surface area contributed by atoms with E-state index >= 15 is 0 Å². The van der Waals surface area contributed by atoms with Crippen LogP contribution in [0.3, 0.4) is 0 Å². The number of ether oxygens (including phenoxy) is 1. The van der Waals surface area contributed by atoms with Gasteiger partial charge in [-0.1, -0.05) is 51.1 Å². The zero-order valence-corrected chi connectivity index (χ0v) is 12.8. The van der Waals surface area contributed by atoms with Crippen LogP contribution < -0.4 is 0 Å². The molecule has 0 aliphatic rings. The first kappa shape index (κ1) is 16.4. The summed E-state index contributed by atoms with van der Waals surface area (Å²) >= 11 is 0. The van der Waals surface area contributed by atoms with Crippen LogP contribution in [0.25, 0.3) is 0 Å². The molecule has 1 rings (SSSR count). The molecule has 0 aliphatic heterocycles. The highest BCUT2D eigenvalue weighted by atomic mass is 16.5. The van der Waals surface area contributed by atoms with Gasteiger partial charge in [-0.05, 0) is 19.3 Å². The van der Waals surface area contributed by atoms with E-state index in [1.807, 2.05) is 39.0 Å². The average Bonchev–Trinajstić information content (AvgIpc) is 2.44. The summed E-state index contributed by atoms with van der Waals surface area (Å²) in [6.45, 7) is 8.00. The molecule has 0 heterocycles. The van der Waals surface area contributed by atoms with Crippen molar-refractivity contribution in [3.8, 4) is 0 Å². The SMILES string of the molecule is CCOC(=O)C(C(C)C)C(CC)C(=O)c1ccccc1. The van der Waals surface area contributed by atoms with E-state index in [-0.39, 0.29) is 29.5 Å². The molecule has 0 bridgehead atoms. The predicted octanol–water partition coefficient (Wildman–Crippen LogP) is 3.73. The van der Waals surface area contributed by atoms with Gasteiger partial charge in [0.25, 0.3) is 0 Å². The molecule has 1 aromatic rings. The summed E-state index contributed by atoms with van der Waals surface area (Å²) in [6.07, 6.45) is 0.634. The molecule has 110 valence electrons. The van der Waals surface area contributed by atoms with Gasteiger partial charge in [0.2, 0.25) is 0 Å². The fourth-order valence-corrected chi connectivity index (χ4v) is 2.56. The molecule has 2 atom stereocenters. The maximum Gasteiger partial charge on any atom is 0.309 e. The number of esters is 1. The smallest absolute Gasteiger partial charge is 0.309 e. The van der Waals surface area contributed by atoms with Gasteiger partial charge in [0.15, 0.2) is 5.78 Å². The molecule has 0 spiro atoms. The zero-order chi connectivity index (χ0) is 15.1. The molecule has 0 saturated heterocycles. The lowest BCUT2D eigenvalue weighted by Gasteiger charge is -2.26. The Labute approximate surface area is 121 Å². The second kappa shape index (κ2) is 7.83. The Kier molecular flexibility index (Phi) is 6.43. The second-order valence-corrected chi connectivity index (χ2v) is 5.27. The Balaban J connectivity index is 3.02. The van der Waals surface area contributed by atoms with Crippen molar-refractivity contribution in [3.05, 3.63) is 35.9 Å². The third-order valence-corrected chi connectivity index (χ3v) is 3.55. The highest BCUT2D eigenvalue weighted by Crippen LogP contribution is 2.28. The van der Waals surface area contributed by atoms with Crippen molar-refractivity contribution in [1.29, 1.82) is 0 Å². The molecule has 3 nitrogen and oxygen atoms in total. The largest absolute Gasteiger partial charge is 0.466 e. The summed E-state index contributed by atoms with van der Waals surface area (Å²) in [5.41, 5.74) is 0.661. The molecule has 0 N–H and O–H groups in total. The van der Waals surface area contributed by atoms with E-state index in [9.17, 15) is 9.59 Å². The Morgan fingerprint density at radius 2 is 1.70 bits per heavy atom. The van der Waals surface area contributed by atoms with E-state index in [0.717, 1.165) is 0 Å². The summed E-state index contributed by atoms with van der Waals surface area (Å²) in [5.74, 6) is -0.866. The molecule has 0 aliphatic carbocycles. The van der Waals surface area contributed by atoms with Crippen molar-refractivity contribution in [3.63, 3.8) is 0 Å². The van der Waals surface area contributed by atoms with Crippen molar-refractivity contribution in [1.82, 2.24) is 0 Å². The first-order chi connectivity index (χ1) is 9.52. The van der Waals surface area contributed by atoms with Crippen LogP contribution in [0.1, 0.15) is 44.5 Å². The van der Waals surface area contributed by atoms with E-state index < -0.39 is 0 Å². The van der Waals surface area contributed by atoms with E-state index in [1.165, 1.54) is 0 Å². The molecular weight excluding hydrogens is 252 g/mol. The highest BCUT2D eigenvalue weighted by molar-refractivity contribution is 6.00. The van der Waals surface area contributed by atoms with Crippen LogP contribution in [0.5, 0.6) is 0 Å². The van der Waals surface area contributed by atoms with Crippen LogP contribution in [0.2, 0.25) is 0 Å². The molecule has 0 saturated carbocycles. The van der Waals surface area contributed by atoms with Crippen LogP contribution in [0.4, 0.5) is 0 Å². The van der Waals surface area contributed by atoms with Gasteiger partial charge in [0.05, 0.1) is 12.5 Å². The summed E-state index contributed by atoms with van der Waals surface area (Å²) < 4.78 is 5.14. The maximum absolute atomic E-state index is 12.6. The van der Waals surface area contributed by atoms with Gasteiger partial charge in [-0.3, -0.25) is 9.59 Å². The first-order valence-electron chi connectivity index (χ1n) is 7.28. The topological polar surface area (TPSA) is 43.4 Å². The van der Waals surface area contributed by atoms with Gasteiger partial charge >= 0.3 is 5.97 Å². The summed E-state index contributed by atoms with van der Waals surface area (Å²) in [7, 11) is 0. The van der Waals surface area contributed by atoms with Gasteiger partial charge < -0.3 is 4.74 Å². The number of hydrogen-bond donors (Lipinski definition) is 0. The Bertz CT molecular complexity index is 437. The fourth-order valence-electron chi connectivity index (χ4n) is 2.56. The number of carbonyl (C=O) groups is 2. The lowest BCUT2D eigenvalue weighted by molar-refractivity contribution is -0.151. The Hall–Kier alpha value is -1.64. The maximum atomic E-state index is 12.6. The zero-order valence-electron chi connectivity index (χ0n) is 12.8. The van der Waals surface area contributed by atoms with Crippen LogP contribution >= 0.6 is 0 Å². The normalized spacial score (nSPS) is 13.8. The third kappa shape index (κ3) is 3.92. The van der Waals surface area contributed by atoms with Gasteiger partial charge in [0.1, 0.15) is 0 Å². The van der Waals surface area contributed by atoms with Gasteiger partial charge in [0, 0.05) is 11.5 Å². The quantitative estimate of drug-likeness (QED) is 0.563. The number of ketones is 1. The number of benzene rings is 1. The Morgan fingerprint density at radius 3 is 2.15 bits per heavy atom. The Morgan fingerprint density at radius 1 is 1.10 bits per heavy atom. The highest BCUT2D eigenvalue weighted by Gasteiger charge is 2.36. The second-order valence-electron chi connectivity index (χ2n) is 5.27. The summed E-state index contributed by atoms with van der Waals surface area (Å²) in [4.78, 5) is 24.8. The monoisotopic (exact) mass is 276 g/mol. The molecule has 0 aromatic heterocycles. The fraction of sp³-hybridized carbons (Fsp3) is 0.529. The molecule has 0 fully saturated rings. The van der Waals surface area contributed by atoms with E-state index in [1.54, 1.807) is 19.1 Å². The molecule has 0 amide bonds. The predicted molar refractivity (Wildman–Crippen MR) is 79.5 cm³/mol. The van der Waals surface area contributed by atoms with Crippen LogP contribution in [-0.4, -0.2) is 18.4 Å². The van der Waals surface area contributed by atoms with Gasteiger partial charge in [-0.2, -0.15) is 0 Å². The number of rotatable bonds is 7. The molecule has 2 unspecified atom stereocenters. The van der Waals surface area contributed by atoms with Gasteiger partial charge in [-0.25, -0.2) is 0 Å². The summed E-state index contributed by atoms with van der Waals surface area (Å²) in [6, 6.07) is 9.16. The number of hydrogen-bond acceptors (Lipinski definition) is 3. The molecule has 3 heteroatoms. The number of carbonyl (C=O) groups excluding carboxylic acids is 2. The van der Waals surface area contributed by atoms with E-state index in [2.05, 4.69) is 0 Å². The van der Waals surface area contributed by atoms with Crippen LogP contribution in [-0.2, 0) is 9.53 Å². The first-order valence-corrected chi connectivity index (χ1v) is 7.28. The molecule has 0 radical (unpaired) electrons. The third-order valence-electron chi connectivity index (χ3n) is 3.55. The summed E-state index contributed by atoms with van der Waals surface area (Å²) in [5, 5.41) is 0. The van der Waals surface area contributed by atoms with Gasteiger partial charge in [-0.15, -0.1) is 0 Å². The molecule has 20 heavy (non-hydrogen) atoms. The van der Waals surface area contributed by atoms with Crippen LogP contribution in [0.15, 0.2) is 30.3 Å². The lowest BCUT2D eigenvalue weighted by atomic mass is 9.77. The lowest BCUT2D eigenvalue weighted by Crippen LogP contribution is -2.34. The molecule has 1 aromatic carbocycles. The van der Waals surface area contributed by atoms with E-state index in [0.29, 0.717) is 18.6 Å². The van der Waals surface area contributed by atoms with Crippen molar-refractivity contribution in [2.45, 2.75) is 34.1 Å². The number of Topliss-reactive ketones (excluding diaryl/α,β-unsaturated/α-hetero) is 1. The van der Waals surface area contributed by atoms with Crippen molar-refractivity contribution in [2.75, 3.05) is 6.61 Å². The minimum Gasteiger partial charge on any atom is -0.466 e. The van der Waals surface area contributed by atoms with Crippen molar-refractivity contribution < 1.29 is 14.3 Å². The van der Waals surface area contributed by atoms with E-state index in [4.69, 9.17) is 4.74 Å². The molecular formula is C17H24O3. The standard InChI is InChI=1S/C17H24O3/c1-5-14(15(12(3)4)17(19)20-6-2)16(18)13-10-8-7-9-11-13/h7-12,14-15H,5-6H2,1-4H3. The minimum absolute atomic E-state index is 0.0276. The van der Waals surface area contributed by atoms with Crippen LogP contribution in [0, 0.1) is 17.8 Å². The minimum atomic E-state index is -0.382.